The number of hydrogen-bond acceptors (Lipinski definition) is 3. The minimum atomic E-state index is -0.526. The normalized spacial score (nSPS) is 20.8. The monoisotopic (exact) mass is 241 g/mol. The Morgan fingerprint density at radius 2 is 2.31 bits per heavy atom. The molecule has 1 heterocycles. The van der Waals surface area contributed by atoms with Crippen molar-refractivity contribution in [2.24, 2.45) is 5.73 Å². The third-order valence-corrected chi connectivity index (χ3v) is 2.46. The zero-order chi connectivity index (χ0) is 9.42. The highest BCUT2D eigenvalue weighted by Crippen LogP contribution is 2.27. The van der Waals surface area contributed by atoms with Crippen LogP contribution in [-0.4, -0.2) is 18.4 Å². The van der Waals surface area contributed by atoms with E-state index in [1.54, 1.807) is 12.1 Å². The molecule has 68 valence electrons. The Morgan fingerprint density at radius 1 is 1.54 bits per heavy atom. The number of halogens is 1. The standard InChI is InChI=1S/C9H8BrNO2/c10-5-1-2-8-6(3-5)9(12)7(11)4-13-8/h1-3,7H,4,11H2/t7-/m0/s1. The minimum Gasteiger partial charge on any atom is -0.491 e. The van der Waals surface area contributed by atoms with Crippen LogP contribution in [-0.2, 0) is 0 Å². The SMILES string of the molecule is N[C@H]1COc2ccc(Br)cc2C1=O. The second-order valence-electron chi connectivity index (χ2n) is 2.92. The van der Waals surface area contributed by atoms with Crippen LogP contribution in [0.4, 0.5) is 0 Å². The predicted molar refractivity (Wildman–Crippen MR) is 51.9 cm³/mol. The fraction of sp³-hybridized carbons (Fsp3) is 0.222. The summed E-state index contributed by atoms with van der Waals surface area (Å²) in [7, 11) is 0. The van der Waals surface area contributed by atoms with Crippen LogP contribution < -0.4 is 10.5 Å². The second-order valence-corrected chi connectivity index (χ2v) is 3.84. The summed E-state index contributed by atoms with van der Waals surface area (Å²) < 4.78 is 6.15. The highest BCUT2D eigenvalue weighted by atomic mass is 79.9. The number of ketones is 1. The maximum atomic E-state index is 11.5. The first-order valence-electron chi connectivity index (χ1n) is 3.90. The summed E-state index contributed by atoms with van der Waals surface area (Å²) >= 11 is 3.29. The van der Waals surface area contributed by atoms with E-state index in [0.29, 0.717) is 11.3 Å². The third kappa shape index (κ3) is 1.47. The van der Waals surface area contributed by atoms with Crippen molar-refractivity contribution in [1.82, 2.24) is 0 Å². The molecule has 4 heteroatoms. The molecule has 1 aromatic carbocycles. The molecule has 1 aromatic rings. The average Bonchev–Trinajstić information content (AvgIpc) is 2.12. The predicted octanol–water partition coefficient (Wildman–Crippen LogP) is 1.35. The Bertz CT molecular complexity index is 365. The molecule has 1 atom stereocenters. The molecule has 13 heavy (non-hydrogen) atoms. The molecule has 0 spiro atoms. The molecule has 0 saturated heterocycles. The van der Waals surface area contributed by atoms with E-state index in [1.165, 1.54) is 0 Å². The van der Waals surface area contributed by atoms with Gasteiger partial charge in [-0.1, -0.05) is 15.9 Å². The lowest BCUT2D eigenvalue weighted by atomic mass is 10.0. The molecule has 0 radical (unpaired) electrons. The van der Waals surface area contributed by atoms with E-state index in [0.717, 1.165) is 4.47 Å². The van der Waals surface area contributed by atoms with Crippen molar-refractivity contribution in [3.8, 4) is 5.75 Å². The Balaban J connectivity index is 2.51. The topological polar surface area (TPSA) is 52.3 Å². The number of fused-ring (bicyclic) bond motifs is 1. The molecule has 0 amide bonds. The lowest BCUT2D eigenvalue weighted by molar-refractivity contribution is 0.0899. The Morgan fingerprint density at radius 3 is 3.08 bits per heavy atom. The minimum absolute atomic E-state index is 0.0532. The van der Waals surface area contributed by atoms with Crippen LogP contribution in [0.2, 0.25) is 0 Å². The van der Waals surface area contributed by atoms with Crippen LogP contribution in [0.5, 0.6) is 5.75 Å². The van der Waals surface area contributed by atoms with Gasteiger partial charge in [-0.2, -0.15) is 0 Å². The average molecular weight is 242 g/mol. The first-order chi connectivity index (χ1) is 6.18. The van der Waals surface area contributed by atoms with Crippen LogP contribution in [0.25, 0.3) is 0 Å². The Hall–Kier alpha value is -0.870. The van der Waals surface area contributed by atoms with Gasteiger partial charge in [-0.3, -0.25) is 4.79 Å². The van der Waals surface area contributed by atoms with E-state index >= 15 is 0 Å². The number of ether oxygens (including phenoxy) is 1. The number of benzene rings is 1. The highest BCUT2D eigenvalue weighted by Gasteiger charge is 2.25. The molecule has 0 aliphatic carbocycles. The molecular weight excluding hydrogens is 234 g/mol. The van der Waals surface area contributed by atoms with Gasteiger partial charge in [-0.15, -0.1) is 0 Å². The number of carbonyl (C=O) groups is 1. The van der Waals surface area contributed by atoms with Crippen LogP contribution >= 0.6 is 15.9 Å². The molecular formula is C9H8BrNO2. The number of carbonyl (C=O) groups excluding carboxylic acids is 1. The van der Waals surface area contributed by atoms with Crippen molar-refractivity contribution in [3.63, 3.8) is 0 Å². The van der Waals surface area contributed by atoms with E-state index in [4.69, 9.17) is 10.5 Å². The van der Waals surface area contributed by atoms with Crippen molar-refractivity contribution >= 4 is 21.7 Å². The van der Waals surface area contributed by atoms with Crippen molar-refractivity contribution in [1.29, 1.82) is 0 Å². The fourth-order valence-electron chi connectivity index (χ4n) is 1.28. The summed E-state index contributed by atoms with van der Waals surface area (Å²) in [4.78, 5) is 11.5. The second kappa shape index (κ2) is 3.12. The van der Waals surface area contributed by atoms with E-state index in [9.17, 15) is 4.79 Å². The van der Waals surface area contributed by atoms with Gasteiger partial charge in [0.2, 0.25) is 0 Å². The van der Waals surface area contributed by atoms with Gasteiger partial charge in [-0.25, -0.2) is 0 Å². The largest absolute Gasteiger partial charge is 0.491 e. The van der Waals surface area contributed by atoms with Crippen LogP contribution in [0, 0.1) is 0 Å². The Labute approximate surface area is 84.0 Å². The van der Waals surface area contributed by atoms with Gasteiger partial charge in [0.1, 0.15) is 18.4 Å². The lowest BCUT2D eigenvalue weighted by Gasteiger charge is -2.20. The number of rotatable bonds is 0. The van der Waals surface area contributed by atoms with E-state index in [2.05, 4.69) is 15.9 Å². The van der Waals surface area contributed by atoms with E-state index < -0.39 is 6.04 Å². The molecule has 0 aromatic heterocycles. The van der Waals surface area contributed by atoms with E-state index in [1.807, 2.05) is 6.07 Å². The van der Waals surface area contributed by atoms with Gasteiger partial charge in [0.05, 0.1) is 5.56 Å². The summed E-state index contributed by atoms with van der Waals surface area (Å²) in [5.74, 6) is 0.567. The quantitative estimate of drug-likeness (QED) is 0.747. The zero-order valence-electron chi connectivity index (χ0n) is 6.79. The number of Topliss-reactive ketones (excluding diaryl/α,β-unsaturated/α-hetero) is 1. The fourth-order valence-corrected chi connectivity index (χ4v) is 1.64. The lowest BCUT2D eigenvalue weighted by Crippen LogP contribution is -2.40. The highest BCUT2D eigenvalue weighted by molar-refractivity contribution is 9.10. The maximum absolute atomic E-state index is 11.5. The van der Waals surface area contributed by atoms with Gasteiger partial charge in [0, 0.05) is 4.47 Å². The molecule has 0 bridgehead atoms. The summed E-state index contributed by atoms with van der Waals surface area (Å²) in [6, 6.07) is 4.81. The molecule has 1 aliphatic heterocycles. The molecule has 0 unspecified atom stereocenters. The zero-order valence-corrected chi connectivity index (χ0v) is 8.37. The smallest absolute Gasteiger partial charge is 0.186 e. The van der Waals surface area contributed by atoms with Crippen molar-refractivity contribution in [3.05, 3.63) is 28.2 Å². The van der Waals surface area contributed by atoms with Crippen molar-refractivity contribution in [2.75, 3.05) is 6.61 Å². The first-order valence-corrected chi connectivity index (χ1v) is 4.70. The van der Waals surface area contributed by atoms with Crippen LogP contribution in [0.3, 0.4) is 0 Å². The number of hydrogen-bond donors (Lipinski definition) is 1. The molecule has 1 aliphatic rings. The summed E-state index contributed by atoms with van der Waals surface area (Å²) in [5, 5.41) is 0. The Kier molecular flexibility index (Phi) is 2.09. The van der Waals surface area contributed by atoms with Crippen LogP contribution in [0.15, 0.2) is 22.7 Å². The number of nitrogens with two attached hydrogens (primary N) is 1. The molecule has 2 rings (SSSR count). The molecule has 0 saturated carbocycles. The van der Waals surface area contributed by atoms with Gasteiger partial charge < -0.3 is 10.5 Å². The molecule has 3 nitrogen and oxygen atoms in total. The molecule has 2 N–H and O–H groups in total. The van der Waals surface area contributed by atoms with Gasteiger partial charge >= 0.3 is 0 Å². The van der Waals surface area contributed by atoms with Crippen molar-refractivity contribution < 1.29 is 9.53 Å². The maximum Gasteiger partial charge on any atom is 0.186 e. The third-order valence-electron chi connectivity index (χ3n) is 1.96. The van der Waals surface area contributed by atoms with Gasteiger partial charge in [0.15, 0.2) is 5.78 Å². The summed E-state index contributed by atoms with van der Waals surface area (Å²) in [6.45, 7) is 0.271. The summed E-state index contributed by atoms with van der Waals surface area (Å²) in [6.07, 6.45) is 0. The van der Waals surface area contributed by atoms with E-state index in [-0.39, 0.29) is 12.4 Å². The van der Waals surface area contributed by atoms with Gasteiger partial charge in [-0.05, 0) is 18.2 Å². The van der Waals surface area contributed by atoms with Crippen LogP contribution in [0.1, 0.15) is 10.4 Å². The van der Waals surface area contributed by atoms with Gasteiger partial charge in [0.25, 0.3) is 0 Å². The first kappa shape index (κ1) is 8.72. The summed E-state index contributed by atoms with van der Waals surface area (Å²) in [5.41, 5.74) is 6.12. The van der Waals surface area contributed by atoms with Crippen molar-refractivity contribution in [2.45, 2.75) is 6.04 Å². The molecule has 0 fully saturated rings.